The van der Waals surface area contributed by atoms with Gasteiger partial charge in [-0.25, -0.2) is 0 Å². The first-order valence-electron chi connectivity index (χ1n) is 5.50. The third kappa shape index (κ3) is 4.87. The van der Waals surface area contributed by atoms with E-state index in [1.165, 1.54) is 38.5 Å². The predicted molar refractivity (Wildman–Crippen MR) is 57.3 cm³/mol. The van der Waals surface area contributed by atoms with Gasteiger partial charge in [-0.3, -0.25) is 0 Å². The van der Waals surface area contributed by atoms with E-state index >= 15 is 0 Å². The van der Waals surface area contributed by atoms with Crippen LogP contribution in [0.15, 0.2) is 0 Å². The van der Waals surface area contributed by atoms with Gasteiger partial charge in [0.2, 0.25) is 0 Å². The van der Waals surface area contributed by atoms with Crippen molar-refractivity contribution in [3.05, 3.63) is 0 Å². The molecule has 0 bridgehead atoms. The second kappa shape index (κ2) is 6.67. The van der Waals surface area contributed by atoms with E-state index in [9.17, 15) is 0 Å². The SMILES string of the molecule is CC(CCl)CCCCC1CCCO1. The minimum atomic E-state index is 0.575. The molecule has 0 N–H and O–H groups in total. The average Bonchev–Trinajstić information content (AvgIpc) is 2.64. The summed E-state index contributed by atoms with van der Waals surface area (Å²) in [6, 6.07) is 0. The van der Waals surface area contributed by atoms with E-state index < -0.39 is 0 Å². The molecule has 13 heavy (non-hydrogen) atoms. The van der Waals surface area contributed by atoms with Crippen molar-refractivity contribution in [1.29, 1.82) is 0 Å². The number of rotatable bonds is 6. The summed E-state index contributed by atoms with van der Waals surface area (Å²) in [6.07, 6.45) is 8.28. The zero-order chi connectivity index (χ0) is 9.52. The zero-order valence-corrected chi connectivity index (χ0v) is 9.35. The fraction of sp³-hybridized carbons (Fsp3) is 1.00. The summed E-state index contributed by atoms with van der Waals surface area (Å²) in [7, 11) is 0. The topological polar surface area (TPSA) is 9.23 Å². The maximum atomic E-state index is 5.73. The summed E-state index contributed by atoms with van der Waals surface area (Å²) in [5.74, 6) is 1.49. The van der Waals surface area contributed by atoms with Crippen LogP contribution in [0.4, 0.5) is 0 Å². The second-order valence-corrected chi connectivity index (χ2v) is 4.49. The Morgan fingerprint density at radius 2 is 2.31 bits per heavy atom. The Bertz CT molecular complexity index is 121. The molecule has 1 aliphatic heterocycles. The molecule has 0 aliphatic carbocycles. The maximum absolute atomic E-state index is 5.73. The van der Waals surface area contributed by atoms with Crippen molar-refractivity contribution in [2.75, 3.05) is 12.5 Å². The lowest BCUT2D eigenvalue weighted by atomic mass is 10.0. The van der Waals surface area contributed by atoms with Gasteiger partial charge in [0.1, 0.15) is 0 Å². The molecule has 2 atom stereocenters. The van der Waals surface area contributed by atoms with Gasteiger partial charge in [-0.2, -0.15) is 0 Å². The molecule has 0 spiro atoms. The van der Waals surface area contributed by atoms with Gasteiger partial charge in [0.15, 0.2) is 0 Å². The molecular weight excluding hydrogens is 184 g/mol. The van der Waals surface area contributed by atoms with E-state index in [2.05, 4.69) is 6.92 Å². The molecule has 0 aromatic rings. The fourth-order valence-corrected chi connectivity index (χ4v) is 1.97. The summed E-state index contributed by atoms with van der Waals surface area (Å²) in [4.78, 5) is 0. The second-order valence-electron chi connectivity index (χ2n) is 4.18. The van der Waals surface area contributed by atoms with Crippen LogP contribution < -0.4 is 0 Å². The summed E-state index contributed by atoms with van der Waals surface area (Å²) in [5.41, 5.74) is 0. The van der Waals surface area contributed by atoms with Gasteiger partial charge in [0.05, 0.1) is 6.10 Å². The van der Waals surface area contributed by atoms with Gasteiger partial charge in [-0.05, 0) is 31.6 Å². The largest absolute Gasteiger partial charge is 0.378 e. The molecule has 1 heterocycles. The quantitative estimate of drug-likeness (QED) is 0.475. The molecule has 78 valence electrons. The van der Waals surface area contributed by atoms with Crippen molar-refractivity contribution in [2.24, 2.45) is 5.92 Å². The van der Waals surface area contributed by atoms with E-state index in [-0.39, 0.29) is 0 Å². The van der Waals surface area contributed by atoms with Crippen LogP contribution in [0.3, 0.4) is 0 Å². The molecule has 0 amide bonds. The smallest absolute Gasteiger partial charge is 0.0576 e. The monoisotopic (exact) mass is 204 g/mol. The zero-order valence-electron chi connectivity index (χ0n) is 8.60. The number of hydrogen-bond donors (Lipinski definition) is 0. The lowest BCUT2D eigenvalue weighted by Crippen LogP contribution is -2.04. The Labute approximate surface area is 86.8 Å². The van der Waals surface area contributed by atoms with Gasteiger partial charge in [-0.15, -0.1) is 11.6 Å². The molecule has 1 aliphatic rings. The van der Waals surface area contributed by atoms with Gasteiger partial charge in [-0.1, -0.05) is 19.8 Å². The minimum Gasteiger partial charge on any atom is -0.378 e. The van der Waals surface area contributed by atoms with E-state index in [4.69, 9.17) is 16.3 Å². The van der Waals surface area contributed by atoms with Crippen molar-refractivity contribution in [3.8, 4) is 0 Å². The van der Waals surface area contributed by atoms with Crippen LogP contribution in [0.25, 0.3) is 0 Å². The van der Waals surface area contributed by atoms with E-state index in [1.807, 2.05) is 0 Å². The standard InChI is InChI=1S/C11H21ClO/c1-10(9-12)5-2-3-6-11-7-4-8-13-11/h10-11H,2-9H2,1H3. The highest BCUT2D eigenvalue weighted by molar-refractivity contribution is 6.18. The van der Waals surface area contributed by atoms with Crippen molar-refractivity contribution in [2.45, 2.75) is 51.6 Å². The van der Waals surface area contributed by atoms with Crippen LogP contribution >= 0.6 is 11.6 Å². The first-order valence-corrected chi connectivity index (χ1v) is 6.04. The van der Waals surface area contributed by atoms with Crippen molar-refractivity contribution < 1.29 is 4.74 Å². The number of alkyl halides is 1. The molecule has 2 heteroatoms. The first kappa shape index (κ1) is 11.3. The maximum Gasteiger partial charge on any atom is 0.0576 e. The highest BCUT2D eigenvalue weighted by Gasteiger charge is 2.14. The molecule has 0 saturated carbocycles. The highest BCUT2D eigenvalue weighted by atomic mass is 35.5. The number of hydrogen-bond acceptors (Lipinski definition) is 1. The molecule has 1 fully saturated rings. The molecular formula is C11H21ClO. The third-order valence-electron chi connectivity index (χ3n) is 2.76. The van der Waals surface area contributed by atoms with E-state index in [0.717, 1.165) is 12.5 Å². The van der Waals surface area contributed by atoms with Crippen molar-refractivity contribution in [3.63, 3.8) is 0 Å². The lowest BCUT2D eigenvalue weighted by molar-refractivity contribution is 0.102. The summed E-state index contributed by atoms with van der Waals surface area (Å²) >= 11 is 5.73. The number of unbranched alkanes of at least 4 members (excludes halogenated alkanes) is 1. The number of halogens is 1. The van der Waals surface area contributed by atoms with Crippen LogP contribution in [-0.4, -0.2) is 18.6 Å². The molecule has 1 nitrogen and oxygen atoms in total. The predicted octanol–water partition coefficient (Wildman–Crippen LogP) is 3.60. The van der Waals surface area contributed by atoms with Gasteiger partial charge >= 0.3 is 0 Å². The van der Waals surface area contributed by atoms with Crippen molar-refractivity contribution >= 4 is 11.6 Å². The van der Waals surface area contributed by atoms with E-state index in [1.54, 1.807) is 0 Å². The van der Waals surface area contributed by atoms with Gasteiger partial charge in [0.25, 0.3) is 0 Å². The Morgan fingerprint density at radius 1 is 1.46 bits per heavy atom. The lowest BCUT2D eigenvalue weighted by Gasteiger charge is -2.10. The number of ether oxygens (including phenoxy) is 1. The summed E-state index contributed by atoms with van der Waals surface area (Å²) in [6.45, 7) is 3.21. The molecule has 2 unspecified atom stereocenters. The Balaban J connectivity index is 1.88. The Morgan fingerprint density at radius 3 is 2.92 bits per heavy atom. The average molecular weight is 205 g/mol. The van der Waals surface area contributed by atoms with Crippen LogP contribution in [0.5, 0.6) is 0 Å². The van der Waals surface area contributed by atoms with Crippen molar-refractivity contribution in [1.82, 2.24) is 0 Å². The summed E-state index contributed by atoms with van der Waals surface area (Å²) < 4.78 is 5.56. The van der Waals surface area contributed by atoms with Crippen LogP contribution in [0.1, 0.15) is 45.4 Å². The molecule has 0 aromatic carbocycles. The Hall–Kier alpha value is 0.250. The van der Waals surface area contributed by atoms with Gasteiger partial charge in [0, 0.05) is 12.5 Å². The fourth-order valence-electron chi connectivity index (χ4n) is 1.81. The minimum absolute atomic E-state index is 0.575. The third-order valence-corrected chi connectivity index (χ3v) is 3.29. The van der Waals surface area contributed by atoms with Crippen LogP contribution in [0, 0.1) is 5.92 Å². The van der Waals surface area contributed by atoms with Crippen LogP contribution in [0.2, 0.25) is 0 Å². The molecule has 1 saturated heterocycles. The molecule has 0 radical (unpaired) electrons. The summed E-state index contributed by atoms with van der Waals surface area (Å²) in [5, 5.41) is 0. The molecule has 1 rings (SSSR count). The molecule has 0 aromatic heterocycles. The van der Waals surface area contributed by atoms with Crippen LogP contribution in [-0.2, 0) is 4.74 Å². The van der Waals surface area contributed by atoms with Gasteiger partial charge < -0.3 is 4.74 Å². The van der Waals surface area contributed by atoms with E-state index in [0.29, 0.717) is 12.0 Å². The normalized spacial score (nSPS) is 24.9. The Kier molecular flexibility index (Phi) is 5.81. The highest BCUT2D eigenvalue weighted by Crippen LogP contribution is 2.19. The first-order chi connectivity index (χ1) is 6.33.